The Balaban J connectivity index is 1.54. The lowest BCUT2D eigenvalue weighted by Gasteiger charge is -2.08. The van der Waals surface area contributed by atoms with Gasteiger partial charge in [-0.1, -0.05) is 29.8 Å². The van der Waals surface area contributed by atoms with Gasteiger partial charge in [0.15, 0.2) is 17.3 Å². The standard InChI is InChI=1S/C23H19N5O3/c1-14-3-5-17(6-4-14)21-24-11-19-22(27-21)25-13-28(23(19)31)12-20(30)26-18-9-7-16(8-10-18)15(2)29/h3-11,13H,12H2,1-2H3,(H,26,30). The van der Waals surface area contributed by atoms with Crippen LogP contribution in [0.4, 0.5) is 5.69 Å². The van der Waals surface area contributed by atoms with Gasteiger partial charge in [0.1, 0.15) is 18.3 Å². The van der Waals surface area contributed by atoms with Crippen molar-refractivity contribution in [2.45, 2.75) is 20.4 Å². The van der Waals surface area contributed by atoms with Gasteiger partial charge in [0.05, 0.1) is 0 Å². The Labute approximate surface area is 177 Å². The number of hydrogen-bond donors (Lipinski definition) is 1. The van der Waals surface area contributed by atoms with E-state index in [0.29, 0.717) is 17.1 Å². The minimum Gasteiger partial charge on any atom is -0.325 e. The molecule has 8 heteroatoms. The molecule has 0 aliphatic rings. The van der Waals surface area contributed by atoms with Gasteiger partial charge in [-0.15, -0.1) is 0 Å². The number of Topliss-reactive ketones (excluding diaryl/α,β-unsaturated/α-hetero) is 1. The zero-order valence-corrected chi connectivity index (χ0v) is 17.0. The summed E-state index contributed by atoms with van der Waals surface area (Å²) in [5.41, 5.74) is 2.91. The first-order valence-electron chi connectivity index (χ1n) is 9.61. The number of carbonyl (C=O) groups excluding carboxylic acids is 2. The number of ketones is 1. The average molecular weight is 413 g/mol. The molecule has 2 heterocycles. The number of rotatable bonds is 5. The smallest absolute Gasteiger partial charge is 0.264 e. The Morgan fingerprint density at radius 2 is 1.71 bits per heavy atom. The van der Waals surface area contributed by atoms with Gasteiger partial charge in [0.2, 0.25) is 5.91 Å². The maximum Gasteiger partial charge on any atom is 0.264 e. The van der Waals surface area contributed by atoms with Gasteiger partial charge in [0.25, 0.3) is 5.56 Å². The highest BCUT2D eigenvalue weighted by Crippen LogP contribution is 2.16. The largest absolute Gasteiger partial charge is 0.325 e. The SMILES string of the molecule is CC(=O)c1ccc(NC(=O)Cn2cnc3nc(-c4ccc(C)cc4)ncc3c2=O)cc1. The monoisotopic (exact) mass is 413 g/mol. The van der Waals surface area contributed by atoms with Crippen molar-refractivity contribution in [2.24, 2.45) is 0 Å². The van der Waals surface area contributed by atoms with Crippen LogP contribution in [0.1, 0.15) is 22.8 Å². The fourth-order valence-corrected chi connectivity index (χ4v) is 3.05. The minimum atomic E-state index is -0.400. The maximum atomic E-state index is 12.8. The van der Waals surface area contributed by atoms with E-state index < -0.39 is 11.5 Å². The Kier molecular flexibility index (Phi) is 5.36. The van der Waals surface area contributed by atoms with Gasteiger partial charge in [-0.25, -0.2) is 15.0 Å². The topological polar surface area (TPSA) is 107 Å². The summed E-state index contributed by atoms with van der Waals surface area (Å²) in [6.07, 6.45) is 2.73. The van der Waals surface area contributed by atoms with E-state index in [4.69, 9.17) is 0 Å². The van der Waals surface area contributed by atoms with Gasteiger partial charge < -0.3 is 5.32 Å². The second-order valence-electron chi connectivity index (χ2n) is 7.16. The van der Waals surface area contributed by atoms with Gasteiger partial charge in [0, 0.05) is 23.0 Å². The third-order valence-electron chi connectivity index (χ3n) is 4.78. The van der Waals surface area contributed by atoms with Crippen LogP contribution in [-0.2, 0) is 11.3 Å². The summed E-state index contributed by atoms with van der Waals surface area (Å²) < 4.78 is 1.20. The zero-order chi connectivity index (χ0) is 22.0. The van der Waals surface area contributed by atoms with Crippen LogP contribution in [0, 0.1) is 6.92 Å². The van der Waals surface area contributed by atoms with Crippen molar-refractivity contribution in [3.8, 4) is 11.4 Å². The van der Waals surface area contributed by atoms with Crippen LogP contribution in [-0.4, -0.2) is 31.2 Å². The van der Waals surface area contributed by atoms with Crippen molar-refractivity contribution in [1.82, 2.24) is 19.5 Å². The molecule has 0 unspecified atom stereocenters. The molecule has 0 aliphatic carbocycles. The van der Waals surface area contributed by atoms with Gasteiger partial charge >= 0.3 is 0 Å². The Hall–Kier alpha value is -4.20. The van der Waals surface area contributed by atoms with Crippen LogP contribution in [0.3, 0.4) is 0 Å². The molecule has 0 bridgehead atoms. The average Bonchev–Trinajstić information content (AvgIpc) is 2.76. The number of nitrogens with zero attached hydrogens (tertiary/aromatic N) is 4. The molecule has 2 aromatic heterocycles. The number of hydrogen-bond acceptors (Lipinski definition) is 6. The predicted molar refractivity (Wildman–Crippen MR) is 117 cm³/mol. The lowest BCUT2D eigenvalue weighted by atomic mass is 10.1. The molecule has 8 nitrogen and oxygen atoms in total. The molecule has 0 saturated heterocycles. The molecular formula is C23H19N5O3. The normalized spacial score (nSPS) is 10.8. The summed E-state index contributed by atoms with van der Waals surface area (Å²) in [4.78, 5) is 49.3. The van der Waals surface area contributed by atoms with Gasteiger partial charge in [-0.05, 0) is 38.1 Å². The molecule has 31 heavy (non-hydrogen) atoms. The zero-order valence-electron chi connectivity index (χ0n) is 17.0. The molecule has 4 rings (SSSR count). The molecule has 0 aliphatic heterocycles. The van der Waals surface area contributed by atoms with E-state index in [1.807, 2.05) is 31.2 Å². The number of aromatic nitrogens is 4. The molecule has 4 aromatic rings. The van der Waals surface area contributed by atoms with E-state index in [1.165, 1.54) is 24.0 Å². The van der Waals surface area contributed by atoms with Crippen LogP contribution < -0.4 is 10.9 Å². The van der Waals surface area contributed by atoms with E-state index in [-0.39, 0.29) is 23.4 Å². The van der Waals surface area contributed by atoms with E-state index in [1.54, 1.807) is 24.3 Å². The number of nitrogens with one attached hydrogen (secondary N) is 1. The van der Waals surface area contributed by atoms with Crippen molar-refractivity contribution in [3.05, 3.63) is 82.5 Å². The molecular weight excluding hydrogens is 394 g/mol. The maximum absolute atomic E-state index is 12.8. The summed E-state index contributed by atoms with van der Waals surface area (Å²) in [5, 5.41) is 2.93. The quantitative estimate of drug-likeness (QED) is 0.504. The van der Waals surface area contributed by atoms with Crippen LogP contribution in [0.2, 0.25) is 0 Å². The molecule has 2 aromatic carbocycles. The van der Waals surface area contributed by atoms with E-state index >= 15 is 0 Å². The lowest BCUT2D eigenvalue weighted by Crippen LogP contribution is -2.28. The highest BCUT2D eigenvalue weighted by molar-refractivity contribution is 5.95. The van der Waals surface area contributed by atoms with E-state index in [2.05, 4.69) is 20.3 Å². The molecule has 1 amide bonds. The fourth-order valence-electron chi connectivity index (χ4n) is 3.05. The fraction of sp³-hybridized carbons (Fsp3) is 0.130. The van der Waals surface area contributed by atoms with Crippen molar-refractivity contribution in [1.29, 1.82) is 0 Å². The van der Waals surface area contributed by atoms with Crippen molar-refractivity contribution < 1.29 is 9.59 Å². The third-order valence-corrected chi connectivity index (χ3v) is 4.78. The van der Waals surface area contributed by atoms with Crippen LogP contribution in [0.5, 0.6) is 0 Å². The molecule has 0 atom stereocenters. The van der Waals surface area contributed by atoms with Gasteiger partial charge in [-0.3, -0.25) is 19.0 Å². The second kappa shape index (κ2) is 8.27. The summed E-state index contributed by atoms with van der Waals surface area (Å²) >= 11 is 0. The summed E-state index contributed by atoms with van der Waals surface area (Å²) in [7, 11) is 0. The summed E-state index contributed by atoms with van der Waals surface area (Å²) in [6.45, 7) is 3.25. The Morgan fingerprint density at radius 3 is 2.39 bits per heavy atom. The molecule has 0 saturated carbocycles. The second-order valence-corrected chi connectivity index (χ2v) is 7.16. The molecule has 154 valence electrons. The minimum absolute atomic E-state index is 0.0561. The van der Waals surface area contributed by atoms with Crippen LogP contribution >= 0.6 is 0 Å². The number of amides is 1. The number of carbonyl (C=O) groups is 2. The predicted octanol–water partition coefficient (Wildman–Crippen LogP) is 3.00. The first-order valence-corrected chi connectivity index (χ1v) is 9.61. The summed E-state index contributed by atoms with van der Waals surface area (Å²) in [5.74, 6) is 0.0272. The first-order chi connectivity index (χ1) is 14.9. The Bertz CT molecular complexity index is 1340. The molecule has 0 fully saturated rings. The Morgan fingerprint density at radius 1 is 1.00 bits per heavy atom. The van der Waals surface area contributed by atoms with E-state index in [0.717, 1.165) is 11.1 Å². The van der Waals surface area contributed by atoms with Crippen molar-refractivity contribution in [2.75, 3.05) is 5.32 Å². The number of benzene rings is 2. The van der Waals surface area contributed by atoms with E-state index in [9.17, 15) is 14.4 Å². The van der Waals surface area contributed by atoms with Crippen LogP contribution in [0.25, 0.3) is 22.4 Å². The molecule has 0 radical (unpaired) electrons. The number of aryl methyl sites for hydroxylation is 1. The van der Waals surface area contributed by atoms with Crippen molar-refractivity contribution >= 4 is 28.4 Å². The first kappa shape index (κ1) is 20.1. The highest BCUT2D eigenvalue weighted by Gasteiger charge is 2.12. The number of anilines is 1. The highest BCUT2D eigenvalue weighted by atomic mass is 16.2. The van der Waals surface area contributed by atoms with Gasteiger partial charge in [-0.2, -0.15) is 0 Å². The lowest BCUT2D eigenvalue weighted by molar-refractivity contribution is -0.116. The molecule has 0 spiro atoms. The summed E-state index contributed by atoms with van der Waals surface area (Å²) in [6, 6.07) is 14.3. The van der Waals surface area contributed by atoms with Crippen molar-refractivity contribution in [3.63, 3.8) is 0 Å². The van der Waals surface area contributed by atoms with Crippen LogP contribution in [0.15, 0.2) is 65.8 Å². The molecule has 1 N–H and O–H groups in total. The number of fused-ring (bicyclic) bond motifs is 1. The third kappa shape index (κ3) is 4.37.